The molecule has 2 heterocycles. The molecule has 1 aromatic heterocycles. The van der Waals surface area contributed by atoms with Crippen molar-refractivity contribution in [1.82, 2.24) is 4.98 Å². The predicted molar refractivity (Wildman–Crippen MR) is 76.5 cm³/mol. The quantitative estimate of drug-likeness (QED) is 0.916. The Kier molecular flexibility index (Phi) is 3.48. The lowest BCUT2D eigenvalue weighted by Gasteiger charge is -2.08. The Balaban J connectivity index is 1.76. The number of fused-ring (bicyclic) bond motifs is 1. The molecule has 3 rings (SSSR count). The van der Waals surface area contributed by atoms with E-state index in [2.05, 4.69) is 30.4 Å². The van der Waals surface area contributed by atoms with Crippen molar-refractivity contribution in [1.29, 1.82) is 0 Å². The van der Waals surface area contributed by atoms with Crippen molar-refractivity contribution in [3.63, 3.8) is 0 Å². The zero-order valence-electron chi connectivity index (χ0n) is 10.6. The van der Waals surface area contributed by atoms with Crippen LogP contribution in [0.5, 0.6) is 0 Å². The molecule has 1 fully saturated rings. The largest absolute Gasteiger partial charge is 0.376 e. The summed E-state index contributed by atoms with van der Waals surface area (Å²) in [7, 11) is 0. The maximum absolute atomic E-state index is 5.61. The van der Waals surface area contributed by atoms with Gasteiger partial charge in [0, 0.05) is 13.2 Å². The van der Waals surface area contributed by atoms with Gasteiger partial charge in [-0.1, -0.05) is 30.4 Å². The predicted octanol–water partition coefficient (Wildman–Crippen LogP) is 3.45. The molecule has 1 aliphatic rings. The minimum atomic E-state index is 0.364. The fourth-order valence-electron chi connectivity index (χ4n) is 2.37. The summed E-state index contributed by atoms with van der Waals surface area (Å²) in [6.45, 7) is 3.96. The number of para-hydroxylation sites is 1. The molecule has 18 heavy (non-hydrogen) atoms. The summed E-state index contributed by atoms with van der Waals surface area (Å²) in [5.74, 6) is 0. The number of thiazole rings is 1. The standard InChI is InChI=1S/C14H18N2OS/c1-2-10-5-3-7-12-13(10)16-14(18-12)15-9-11-6-4-8-17-11/h3,5,7,11H,2,4,6,8-9H2,1H3,(H,15,16). The van der Waals surface area contributed by atoms with Gasteiger partial charge >= 0.3 is 0 Å². The molecule has 2 aromatic rings. The van der Waals surface area contributed by atoms with E-state index in [4.69, 9.17) is 9.72 Å². The van der Waals surface area contributed by atoms with E-state index in [0.29, 0.717) is 6.10 Å². The topological polar surface area (TPSA) is 34.1 Å². The SMILES string of the molecule is CCc1cccc2sc(NCC3CCCO3)nc12. The Morgan fingerprint density at radius 2 is 2.44 bits per heavy atom. The van der Waals surface area contributed by atoms with Crippen LogP contribution >= 0.6 is 11.3 Å². The van der Waals surface area contributed by atoms with Gasteiger partial charge in [-0.2, -0.15) is 0 Å². The van der Waals surface area contributed by atoms with E-state index in [1.165, 1.54) is 16.7 Å². The molecule has 0 saturated carbocycles. The number of benzene rings is 1. The van der Waals surface area contributed by atoms with E-state index in [1.807, 2.05) is 0 Å². The first kappa shape index (κ1) is 11.9. The van der Waals surface area contributed by atoms with Crippen molar-refractivity contribution >= 4 is 26.7 Å². The van der Waals surface area contributed by atoms with Gasteiger partial charge in [-0.25, -0.2) is 4.98 Å². The molecule has 1 aliphatic heterocycles. The molecule has 0 bridgehead atoms. The van der Waals surface area contributed by atoms with Crippen LogP contribution in [0.4, 0.5) is 5.13 Å². The Bertz CT molecular complexity index is 532. The fourth-order valence-corrected chi connectivity index (χ4v) is 3.29. The number of hydrogen-bond acceptors (Lipinski definition) is 4. The molecule has 0 aliphatic carbocycles. The highest BCUT2D eigenvalue weighted by Gasteiger charge is 2.15. The third kappa shape index (κ3) is 2.35. The Morgan fingerprint density at radius 1 is 1.50 bits per heavy atom. The molecule has 0 amide bonds. The molecule has 1 saturated heterocycles. The third-order valence-corrected chi connectivity index (χ3v) is 4.37. The lowest BCUT2D eigenvalue weighted by atomic mass is 10.1. The van der Waals surface area contributed by atoms with Crippen LogP contribution < -0.4 is 5.32 Å². The summed E-state index contributed by atoms with van der Waals surface area (Å²) in [4.78, 5) is 4.70. The zero-order chi connectivity index (χ0) is 12.4. The second-order valence-corrected chi connectivity index (χ2v) is 5.68. The third-order valence-electron chi connectivity index (χ3n) is 3.39. The lowest BCUT2D eigenvalue weighted by Crippen LogP contribution is -2.18. The van der Waals surface area contributed by atoms with Gasteiger partial charge in [0.15, 0.2) is 5.13 Å². The maximum atomic E-state index is 5.61. The van der Waals surface area contributed by atoms with E-state index in [1.54, 1.807) is 11.3 Å². The number of ether oxygens (including phenoxy) is 1. The van der Waals surface area contributed by atoms with Gasteiger partial charge in [0.1, 0.15) is 0 Å². The van der Waals surface area contributed by atoms with Crippen LogP contribution in [0.1, 0.15) is 25.3 Å². The van der Waals surface area contributed by atoms with Crippen molar-refractivity contribution in [2.45, 2.75) is 32.3 Å². The summed E-state index contributed by atoms with van der Waals surface area (Å²) in [6, 6.07) is 6.42. The van der Waals surface area contributed by atoms with Gasteiger partial charge < -0.3 is 10.1 Å². The average Bonchev–Trinajstić information content (AvgIpc) is 3.04. The highest BCUT2D eigenvalue weighted by Crippen LogP contribution is 2.28. The second kappa shape index (κ2) is 5.24. The molecule has 0 spiro atoms. The molecule has 1 N–H and O–H groups in total. The van der Waals surface area contributed by atoms with Crippen molar-refractivity contribution in [3.05, 3.63) is 23.8 Å². The number of nitrogens with one attached hydrogen (secondary N) is 1. The van der Waals surface area contributed by atoms with Gasteiger partial charge in [-0.15, -0.1) is 0 Å². The minimum Gasteiger partial charge on any atom is -0.376 e. The molecule has 1 unspecified atom stereocenters. The van der Waals surface area contributed by atoms with Crippen LogP contribution in [0.3, 0.4) is 0 Å². The molecule has 3 nitrogen and oxygen atoms in total. The summed E-state index contributed by atoms with van der Waals surface area (Å²) >= 11 is 1.73. The summed E-state index contributed by atoms with van der Waals surface area (Å²) in [5, 5.41) is 4.42. The zero-order valence-corrected chi connectivity index (χ0v) is 11.4. The maximum Gasteiger partial charge on any atom is 0.183 e. The second-order valence-electron chi connectivity index (χ2n) is 4.65. The normalized spacial score (nSPS) is 19.5. The molecule has 1 atom stereocenters. The monoisotopic (exact) mass is 262 g/mol. The Morgan fingerprint density at radius 3 is 3.22 bits per heavy atom. The molecule has 0 radical (unpaired) electrons. The fraction of sp³-hybridized carbons (Fsp3) is 0.500. The number of nitrogens with zero attached hydrogens (tertiary/aromatic N) is 1. The van der Waals surface area contributed by atoms with Crippen LogP contribution in [0.15, 0.2) is 18.2 Å². The first-order chi connectivity index (χ1) is 8.86. The molecular weight excluding hydrogens is 244 g/mol. The van der Waals surface area contributed by atoms with Gasteiger partial charge in [-0.05, 0) is 30.9 Å². The molecular formula is C14H18N2OS. The highest BCUT2D eigenvalue weighted by molar-refractivity contribution is 7.22. The Hall–Kier alpha value is -1.13. The number of anilines is 1. The summed E-state index contributed by atoms with van der Waals surface area (Å²) < 4.78 is 6.88. The highest BCUT2D eigenvalue weighted by atomic mass is 32.1. The van der Waals surface area contributed by atoms with E-state index in [-0.39, 0.29) is 0 Å². The number of hydrogen-bond donors (Lipinski definition) is 1. The van der Waals surface area contributed by atoms with E-state index in [9.17, 15) is 0 Å². The van der Waals surface area contributed by atoms with E-state index in [0.717, 1.165) is 36.6 Å². The van der Waals surface area contributed by atoms with E-state index < -0.39 is 0 Å². The first-order valence-corrected chi connectivity index (χ1v) is 7.42. The van der Waals surface area contributed by atoms with Gasteiger partial charge in [0.2, 0.25) is 0 Å². The number of aryl methyl sites for hydroxylation is 1. The summed E-state index contributed by atoms with van der Waals surface area (Å²) in [5.41, 5.74) is 2.48. The van der Waals surface area contributed by atoms with Crippen LogP contribution in [-0.4, -0.2) is 24.2 Å². The van der Waals surface area contributed by atoms with Crippen molar-refractivity contribution < 1.29 is 4.74 Å². The van der Waals surface area contributed by atoms with Crippen molar-refractivity contribution in [3.8, 4) is 0 Å². The van der Waals surface area contributed by atoms with Crippen molar-refractivity contribution in [2.24, 2.45) is 0 Å². The van der Waals surface area contributed by atoms with Crippen LogP contribution in [0.2, 0.25) is 0 Å². The number of aromatic nitrogens is 1. The molecule has 1 aromatic carbocycles. The lowest BCUT2D eigenvalue weighted by molar-refractivity contribution is 0.120. The van der Waals surface area contributed by atoms with E-state index >= 15 is 0 Å². The number of rotatable bonds is 4. The van der Waals surface area contributed by atoms with Gasteiger partial charge in [-0.3, -0.25) is 0 Å². The van der Waals surface area contributed by atoms with Crippen LogP contribution in [0, 0.1) is 0 Å². The Labute approximate surface area is 111 Å². The average molecular weight is 262 g/mol. The molecule has 4 heteroatoms. The minimum absolute atomic E-state index is 0.364. The smallest absolute Gasteiger partial charge is 0.183 e. The van der Waals surface area contributed by atoms with Crippen LogP contribution in [-0.2, 0) is 11.2 Å². The van der Waals surface area contributed by atoms with Gasteiger partial charge in [0.05, 0.1) is 16.3 Å². The van der Waals surface area contributed by atoms with Gasteiger partial charge in [0.25, 0.3) is 0 Å². The molecule has 96 valence electrons. The summed E-state index contributed by atoms with van der Waals surface area (Å²) in [6.07, 6.45) is 3.75. The van der Waals surface area contributed by atoms with Crippen LogP contribution in [0.25, 0.3) is 10.2 Å². The van der Waals surface area contributed by atoms with Crippen molar-refractivity contribution in [2.75, 3.05) is 18.5 Å². The first-order valence-electron chi connectivity index (χ1n) is 6.60.